The Kier molecular flexibility index (Phi) is 3.20. The van der Waals surface area contributed by atoms with E-state index in [1.54, 1.807) is 0 Å². The topological polar surface area (TPSA) is 12.0 Å². The van der Waals surface area contributed by atoms with Crippen molar-refractivity contribution in [1.29, 1.82) is 0 Å². The average Bonchev–Trinajstić information content (AvgIpc) is 1.83. The Bertz CT molecular complexity index is 80.7. The first-order chi connectivity index (χ1) is 4.79. The summed E-state index contributed by atoms with van der Waals surface area (Å²) >= 11 is 0. The highest BCUT2D eigenvalue weighted by Gasteiger charge is 2.10. The van der Waals surface area contributed by atoms with Crippen LogP contribution in [-0.4, -0.2) is 12.6 Å². The van der Waals surface area contributed by atoms with Gasteiger partial charge in [-0.1, -0.05) is 19.8 Å². The van der Waals surface area contributed by atoms with Crippen molar-refractivity contribution in [2.45, 2.75) is 45.6 Å². The summed E-state index contributed by atoms with van der Waals surface area (Å²) in [5, 5.41) is 3.51. The Labute approximate surface area is 64.2 Å². The molecular weight excluding hydrogens is 122 g/mol. The SMILES string of the molecule is CC1CCCCNC(C)C1. The second kappa shape index (κ2) is 3.97. The molecule has 0 radical (unpaired) electrons. The van der Waals surface area contributed by atoms with E-state index in [0.717, 1.165) is 12.0 Å². The van der Waals surface area contributed by atoms with Gasteiger partial charge in [0.25, 0.3) is 0 Å². The van der Waals surface area contributed by atoms with Crippen LogP contribution in [0.2, 0.25) is 0 Å². The van der Waals surface area contributed by atoms with Crippen LogP contribution in [0, 0.1) is 5.92 Å². The number of hydrogen-bond acceptors (Lipinski definition) is 1. The molecule has 1 nitrogen and oxygen atoms in total. The molecule has 1 fully saturated rings. The highest BCUT2D eigenvalue weighted by molar-refractivity contribution is 4.68. The van der Waals surface area contributed by atoms with Crippen molar-refractivity contribution in [3.8, 4) is 0 Å². The van der Waals surface area contributed by atoms with E-state index in [2.05, 4.69) is 19.2 Å². The second-order valence-corrected chi connectivity index (χ2v) is 3.69. The molecule has 1 heteroatoms. The van der Waals surface area contributed by atoms with Gasteiger partial charge in [-0.25, -0.2) is 0 Å². The van der Waals surface area contributed by atoms with Gasteiger partial charge >= 0.3 is 0 Å². The Morgan fingerprint density at radius 1 is 1.20 bits per heavy atom. The first-order valence-electron chi connectivity index (χ1n) is 4.52. The average molecular weight is 141 g/mol. The predicted molar refractivity (Wildman–Crippen MR) is 45.1 cm³/mol. The van der Waals surface area contributed by atoms with Gasteiger partial charge in [0.15, 0.2) is 0 Å². The smallest absolute Gasteiger partial charge is 0.00412 e. The van der Waals surface area contributed by atoms with E-state index >= 15 is 0 Å². The van der Waals surface area contributed by atoms with Gasteiger partial charge in [-0.3, -0.25) is 0 Å². The van der Waals surface area contributed by atoms with E-state index in [0.29, 0.717) is 0 Å². The molecule has 0 spiro atoms. The molecule has 2 atom stereocenters. The maximum atomic E-state index is 3.51. The van der Waals surface area contributed by atoms with E-state index < -0.39 is 0 Å². The zero-order valence-corrected chi connectivity index (χ0v) is 7.19. The zero-order valence-electron chi connectivity index (χ0n) is 7.19. The fraction of sp³-hybridized carbons (Fsp3) is 1.00. The molecule has 1 rings (SSSR count). The maximum Gasteiger partial charge on any atom is 0.00412 e. The minimum Gasteiger partial charge on any atom is -0.314 e. The van der Waals surface area contributed by atoms with Crippen LogP contribution >= 0.6 is 0 Å². The molecule has 0 aromatic heterocycles. The summed E-state index contributed by atoms with van der Waals surface area (Å²) in [5.74, 6) is 0.933. The maximum absolute atomic E-state index is 3.51. The Balaban J connectivity index is 2.25. The largest absolute Gasteiger partial charge is 0.314 e. The highest BCUT2D eigenvalue weighted by Crippen LogP contribution is 2.15. The van der Waals surface area contributed by atoms with Crippen LogP contribution in [0.4, 0.5) is 0 Å². The Morgan fingerprint density at radius 3 is 2.80 bits per heavy atom. The molecule has 1 saturated heterocycles. The lowest BCUT2D eigenvalue weighted by molar-refractivity contribution is 0.359. The summed E-state index contributed by atoms with van der Waals surface area (Å²) in [4.78, 5) is 0. The summed E-state index contributed by atoms with van der Waals surface area (Å²) in [6.07, 6.45) is 5.58. The van der Waals surface area contributed by atoms with Crippen LogP contribution in [0.25, 0.3) is 0 Å². The summed E-state index contributed by atoms with van der Waals surface area (Å²) in [5.41, 5.74) is 0. The van der Waals surface area contributed by atoms with Crippen molar-refractivity contribution in [1.82, 2.24) is 5.32 Å². The molecule has 0 amide bonds. The fourth-order valence-corrected chi connectivity index (χ4v) is 1.77. The predicted octanol–water partition coefficient (Wildman–Crippen LogP) is 2.17. The van der Waals surface area contributed by atoms with E-state index in [-0.39, 0.29) is 0 Å². The van der Waals surface area contributed by atoms with E-state index in [1.807, 2.05) is 0 Å². The Hall–Kier alpha value is -0.0400. The minimum absolute atomic E-state index is 0.746. The molecule has 1 aliphatic rings. The van der Waals surface area contributed by atoms with Crippen molar-refractivity contribution in [3.63, 3.8) is 0 Å². The summed E-state index contributed by atoms with van der Waals surface area (Å²) in [7, 11) is 0. The molecule has 2 unspecified atom stereocenters. The molecule has 1 heterocycles. The normalized spacial score (nSPS) is 36.6. The van der Waals surface area contributed by atoms with Gasteiger partial charge in [0.05, 0.1) is 0 Å². The van der Waals surface area contributed by atoms with Gasteiger partial charge in [-0.15, -0.1) is 0 Å². The molecule has 10 heavy (non-hydrogen) atoms. The molecular formula is C9H19N. The van der Waals surface area contributed by atoms with Crippen LogP contribution < -0.4 is 5.32 Å². The van der Waals surface area contributed by atoms with Crippen molar-refractivity contribution < 1.29 is 0 Å². The van der Waals surface area contributed by atoms with Crippen molar-refractivity contribution >= 4 is 0 Å². The van der Waals surface area contributed by atoms with E-state index in [9.17, 15) is 0 Å². The van der Waals surface area contributed by atoms with Crippen molar-refractivity contribution in [2.75, 3.05) is 6.54 Å². The van der Waals surface area contributed by atoms with Gasteiger partial charge in [-0.05, 0) is 32.2 Å². The molecule has 0 aliphatic carbocycles. The third-order valence-corrected chi connectivity index (χ3v) is 2.37. The van der Waals surface area contributed by atoms with E-state index in [1.165, 1.54) is 32.2 Å². The fourth-order valence-electron chi connectivity index (χ4n) is 1.77. The summed E-state index contributed by atoms with van der Waals surface area (Å²) in [6, 6.07) is 0.746. The van der Waals surface area contributed by atoms with Crippen LogP contribution in [0.3, 0.4) is 0 Å². The number of nitrogens with one attached hydrogen (secondary N) is 1. The molecule has 1 N–H and O–H groups in total. The third kappa shape index (κ3) is 2.70. The summed E-state index contributed by atoms with van der Waals surface area (Å²) in [6.45, 7) is 5.89. The standard InChI is InChI=1S/C9H19N/c1-8-5-3-4-6-10-9(2)7-8/h8-10H,3-7H2,1-2H3. The molecule has 1 aliphatic heterocycles. The quantitative estimate of drug-likeness (QED) is 0.545. The van der Waals surface area contributed by atoms with Crippen LogP contribution in [0.5, 0.6) is 0 Å². The first kappa shape index (κ1) is 8.06. The number of hydrogen-bond donors (Lipinski definition) is 1. The van der Waals surface area contributed by atoms with Gasteiger partial charge in [0, 0.05) is 6.04 Å². The minimum atomic E-state index is 0.746. The van der Waals surface area contributed by atoms with Crippen LogP contribution in [0.1, 0.15) is 39.5 Å². The second-order valence-electron chi connectivity index (χ2n) is 3.69. The first-order valence-corrected chi connectivity index (χ1v) is 4.52. The molecule has 0 bridgehead atoms. The molecule has 0 saturated carbocycles. The molecule has 0 aromatic rings. The molecule has 60 valence electrons. The summed E-state index contributed by atoms with van der Waals surface area (Å²) < 4.78 is 0. The van der Waals surface area contributed by atoms with Gasteiger partial charge in [-0.2, -0.15) is 0 Å². The van der Waals surface area contributed by atoms with Crippen LogP contribution in [0.15, 0.2) is 0 Å². The van der Waals surface area contributed by atoms with Crippen LogP contribution in [-0.2, 0) is 0 Å². The lowest BCUT2D eigenvalue weighted by atomic mass is 9.95. The van der Waals surface area contributed by atoms with Crippen molar-refractivity contribution in [3.05, 3.63) is 0 Å². The molecule has 0 aromatic carbocycles. The highest BCUT2D eigenvalue weighted by atomic mass is 14.9. The Morgan fingerprint density at radius 2 is 2.00 bits per heavy atom. The van der Waals surface area contributed by atoms with Gasteiger partial charge in [0.2, 0.25) is 0 Å². The lowest BCUT2D eigenvalue weighted by Gasteiger charge is -2.21. The van der Waals surface area contributed by atoms with E-state index in [4.69, 9.17) is 0 Å². The van der Waals surface area contributed by atoms with Crippen molar-refractivity contribution in [2.24, 2.45) is 5.92 Å². The van der Waals surface area contributed by atoms with Gasteiger partial charge in [0.1, 0.15) is 0 Å². The zero-order chi connectivity index (χ0) is 7.40. The monoisotopic (exact) mass is 141 g/mol. The lowest BCUT2D eigenvalue weighted by Crippen LogP contribution is -2.30. The third-order valence-electron chi connectivity index (χ3n) is 2.37. The van der Waals surface area contributed by atoms with Gasteiger partial charge < -0.3 is 5.32 Å². The number of rotatable bonds is 0.